The van der Waals surface area contributed by atoms with Gasteiger partial charge in [-0.1, -0.05) is 35.9 Å². The molecule has 1 saturated heterocycles. The maximum absolute atomic E-state index is 13.0. The Morgan fingerprint density at radius 3 is 2.36 bits per heavy atom. The Bertz CT molecular complexity index is 1120. The van der Waals surface area contributed by atoms with Gasteiger partial charge in [-0.3, -0.25) is 14.9 Å². The maximum Gasteiger partial charge on any atom is 0.335 e. The van der Waals surface area contributed by atoms with Gasteiger partial charge < -0.3 is 4.57 Å². The molecule has 0 radical (unpaired) electrons. The van der Waals surface area contributed by atoms with Crippen molar-refractivity contribution in [3.63, 3.8) is 0 Å². The van der Waals surface area contributed by atoms with Gasteiger partial charge in [-0.25, -0.2) is 9.69 Å². The predicted octanol–water partition coefficient (Wildman–Crippen LogP) is 3.80. The number of nitrogens with one attached hydrogen (secondary N) is 1. The second-order valence-electron chi connectivity index (χ2n) is 6.08. The average molecular weight is 392 g/mol. The van der Waals surface area contributed by atoms with E-state index in [2.05, 4.69) is 5.32 Å². The number of rotatable bonds is 3. The molecule has 2 heterocycles. The molecule has 1 aliphatic rings. The predicted molar refractivity (Wildman–Crippen MR) is 106 cm³/mol. The van der Waals surface area contributed by atoms with E-state index in [1.165, 1.54) is 12.1 Å². The second kappa shape index (κ2) is 7.17. The van der Waals surface area contributed by atoms with Crippen molar-refractivity contribution in [2.75, 3.05) is 4.90 Å². The number of benzene rings is 2. The Morgan fingerprint density at radius 2 is 1.61 bits per heavy atom. The van der Waals surface area contributed by atoms with Gasteiger partial charge in [0.2, 0.25) is 0 Å². The monoisotopic (exact) mass is 391 g/mol. The Labute approximate surface area is 165 Å². The summed E-state index contributed by atoms with van der Waals surface area (Å²) in [6, 6.07) is 18.6. The Balaban J connectivity index is 1.76. The number of anilines is 1. The lowest BCUT2D eigenvalue weighted by molar-refractivity contribution is -0.122. The van der Waals surface area contributed by atoms with Crippen molar-refractivity contribution < 1.29 is 14.4 Å². The zero-order valence-electron chi connectivity index (χ0n) is 14.5. The largest absolute Gasteiger partial charge is 0.335 e. The molecule has 0 aliphatic carbocycles. The average Bonchev–Trinajstić information content (AvgIpc) is 3.14. The van der Waals surface area contributed by atoms with E-state index in [-0.39, 0.29) is 11.3 Å². The number of halogens is 1. The summed E-state index contributed by atoms with van der Waals surface area (Å²) in [6.07, 6.45) is 3.29. The molecular weight excluding hydrogens is 378 g/mol. The van der Waals surface area contributed by atoms with Crippen LogP contribution in [0.2, 0.25) is 5.02 Å². The van der Waals surface area contributed by atoms with Crippen LogP contribution in [-0.2, 0) is 9.59 Å². The number of imide groups is 2. The van der Waals surface area contributed by atoms with Gasteiger partial charge in [-0.05, 0) is 48.5 Å². The van der Waals surface area contributed by atoms with Crippen LogP contribution in [0.15, 0.2) is 78.5 Å². The van der Waals surface area contributed by atoms with Gasteiger partial charge in [0, 0.05) is 22.6 Å². The van der Waals surface area contributed by atoms with Crippen LogP contribution in [0, 0.1) is 0 Å². The lowest BCUT2D eigenvalue weighted by atomic mass is 10.1. The molecule has 4 rings (SSSR count). The van der Waals surface area contributed by atoms with Gasteiger partial charge >= 0.3 is 6.03 Å². The number of hydrogen-bond donors (Lipinski definition) is 1. The summed E-state index contributed by atoms with van der Waals surface area (Å²) in [7, 11) is 0. The lowest BCUT2D eigenvalue weighted by Crippen LogP contribution is -2.54. The van der Waals surface area contributed by atoms with Gasteiger partial charge in [0.05, 0.1) is 5.69 Å². The number of amides is 4. The van der Waals surface area contributed by atoms with E-state index >= 15 is 0 Å². The summed E-state index contributed by atoms with van der Waals surface area (Å²) in [6.45, 7) is 0. The van der Waals surface area contributed by atoms with Gasteiger partial charge in [0.1, 0.15) is 5.57 Å². The minimum absolute atomic E-state index is 0.143. The molecule has 28 heavy (non-hydrogen) atoms. The van der Waals surface area contributed by atoms with Gasteiger partial charge in [0.15, 0.2) is 0 Å². The SMILES string of the molecule is O=C1NC(=O)N(c2cccc(Cl)c2)C(=O)/C1=C\c1cccn1-c1ccccc1. The lowest BCUT2D eigenvalue weighted by Gasteiger charge is -2.26. The zero-order chi connectivity index (χ0) is 19.7. The molecule has 0 saturated carbocycles. The first-order valence-electron chi connectivity index (χ1n) is 8.44. The van der Waals surface area contributed by atoms with Crippen molar-refractivity contribution in [1.82, 2.24) is 9.88 Å². The quantitative estimate of drug-likeness (QED) is 0.545. The minimum atomic E-state index is -0.812. The third kappa shape index (κ3) is 3.21. The van der Waals surface area contributed by atoms with Crippen LogP contribution in [0.5, 0.6) is 0 Å². The standard InChI is InChI=1S/C21H14ClN3O3/c22-14-6-4-9-17(12-14)25-20(27)18(19(26)23-21(25)28)13-16-10-5-11-24(16)15-7-2-1-3-8-15/h1-13H,(H,23,26,28)/b18-13-. The Morgan fingerprint density at radius 1 is 0.857 bits per heavy atom. The number of para-hydroxylation sites is 1. The summed E-state index contributed by atoms with van der Waals surface area (Å²) in [5.74, 6) is -1.45. The summed E-state index contributed by atoms with van der Waals surface area (Å²) < 4.78 is 1.84. The fourth-order valence-corrected chi connectivity index (χ4v) is 3.18. The molecular formula is C21H14ClN3O3. The first-order chi connectivity index (χ1) is 13.5. The molecule has 0 atom stereocenters. The summed E-state index contributed by atoms with van der Waals surface area (Å²) in [5, 5.41) is 2.58. The second-order valence-corrected chi connectivity index (χ2v) is 6.51. The third-order valence-corrected chi connectivity index (χ3v) is 4.51. The van der Waals surface area contributed by atoms with E-state index in [1.54, 1.807) is 24.3 Å². The van der Waals surface area contributed by atoms with Gasteiger partial charge in [0.25, 0.3) is 11.8 Å². The van der Waals surface area contributed by atoms with Crippen LogP contribution in [0.25, 0.3) is 11.8 Å². The van der Waals surface area contributed by atoms with Crippen LogP contribution in [0.4, 0.5) is 10.5 Å². The number of urea groups is 1. The van der Waals surface area contributed by atoms with Crippen LogP contribution in [-0.4, -0.2) is 22.4 Å². The van der Waals surface area contributed by atoms with E-state index in [0.717, 1.165) is 10.6 Å². The number of carbonyl (C=O) groups excluding carboxylic acids is 3. The first-order valence-corrected chi connectivity index (χ1v) is 8.82. The first kappa shape index (κ1) is 17.8. The van der Waals surface area contributed by atoms with Crippen molar-refractivity contribution in [2.45, 2.75) is 0 Å². The molecule has 0 spiro atoms. The molecule has 1 aliphatic heterocycles. The fourth-order valence-electron chi connectivity index (χ4n) is 2.99. The van der Waals surface area contributed by atoms with Crippen LogP contribution < -0.4 is 10.2 Å². The highest BCUT2D eigenvalue weighted by Crippen LogP contribution is 2.25. The number of aromatic nitrogens is 1. The molecule has 0 bridgehead atoms. The van der Waals surface area contributed by atoms with Crippen LogP contribution >= 0.6 is 11.6 Å². The van der Waals surface area contributed by atoms with Gasteiger partial charge in [-0.2, -0.15) is 0 Å². The fraction of sp³-hybridized carbons (Fsp3) is 0. The molecule has 138 valence electrons. The molecule has 7 heteroatoms. The topological polar surface area (TPSA) is 71.4 Å². The highest BCUT2D eigenvalue weighted by molar-refractivity contribution is 6.39. The molecule has 0 unspecified atom stereocenters. The van der Waals surface area contributed by atoms with Crippen LogP contribution in [0.1, 0.15) is 5.69 Å². The van der Waals surface area contributed by atoms with Crippen molar-refractivity contribution in [2.24, 2.45) is 0 Å². The molecule has 1 fully saturated rings. The molecule has 3 aromatic rings. The summed E-state index contributed by atoms with van der Waals surface area (Å²) in [4.78, 5) is 38.5. The Hall–Kier alpha value is -3.64. The maximum atomic E-state index is 13.0. The highest BCUT2D eigenvalue weighted by atomic mass is 35.5. The van der Waals surface area contributed by atoms with E-state index in [4.69, 9.17) is 11.6 Å². The summed E-state index contributed by atoms with van der Waals surface area (Å²) >= 11 is 5.97. The molecule has 1 N–H and O–H groups in total. The van der Waals surface area contributed by atoms with E-state index in [1.807, 2.05) is 47.2 Å². The Kier molecular flexibility index (Phi) is 4.55. The minimum Gasteiger partial charge on any atom is -0.317 e. The van der Waals surface area contributed by atoms with Gasteiger partial charge in [-0.15, -0.1) is 0 Å². The van der Waals surface area contributed by atoms with E-state index in [9.17, 15) is 14.4 Å². The van der Waals surface area contributed by atoms with Crippen molar-refractivity contribution in [1.29, 1.82) is 0 Å². The molecule has 6 nitrogen and oxygen atoms in total. The van der Waals surface area contributed by atoms with Crippen LogP contribution in [0.3, 0.4) is 0 Å². The number of carbonyl (C=O) groups is 3. The third-order valence-electron chi connectivity index (χ3n) is 4.27. The molecule has 1 aromatic heterocycles. The molecule has 4 amide bonds. The zero-order valence-corrected chi connectivity index (χ0v) is 15.3. The number of hydrogen-bond acceptors (Lipinski definition) is 3. The van der Waals surface area contributed by atoms with E-state index in [0.29, 0.717) is 10.7 Å². The normalized spacial score (nSPS) is 15.8. The summed E-state index contributed by atoms with van der Waals surface area (Å²) in [5.41, 5.74) is 1.65. The van der Waals surface area contributed by atoms with Crippen molar-refractivity contribution in [3.05, 3.63) is 89.2 Å². The van der Waals surface area contributed by atoms with E-state index < -0.39 is 17.8 Å². The number of barbiturate groups is 1. The van der Waals surface area contributed by atoms with Crippen molar-refractivity contribution in [3.8, 4) is 5.69 Å². The smallest absolute Gasteiger partial charge is 0.317 e. The number of nitrogens with zero attached hydrogens (tertiary/aromatic N) is 2. The van der Waals surface area contributed by atoms with Crippen molar-refractivity contribution >= 4 is 41.2 Å². The highest BCUT2D eigenvalue weighted by Gasteiger charge is 2.37. The molecule has 2 aromatic carbocycles.